The van der Waals surface area contributed by atoms with Gasteiger partial charge in [-0.3, -0.25) is 9.59 Å². The Morgan fingerprint density at radius 2 is 2.12 bits per heavy atom. The first kappa shape index (κ1) is 10.4. The minimum Gasteiger partial charge on any atom is -0.294 e. The normalized spacial score (nSPS) is 10.4. The lowest BCUT2D eigenvalue weighted by molar-refractivity contribution is 0.0830. The van der Waals surface area contributed by atoms with E-state index in [9.17, 15) is 14.0 Å². The Hall–Kier alpha value is -2.17. The number of carbonyl (C=O) groups is 2. The largest absolute Gasteiger partial charge is 0.350 e. The van der Waals surface area contributed by atoms with Crippen LogP contribution in [0.1, 0.15) is 27.8 Å². The van der Waals surface area contributed by atoms with Gasteiger partial charge in [-0.1, -0.05) is 0 Å². The number of pyridine rings is 2. The number of hydrogen-bond donors (Lipinski definition) is 0. The lowest BCUT2D eigenvalue weighted by Crippen LogP contribution is -2.03. The molecule has 0 aliphatic heterocycles. The fourth-order valence-electron chi connectivity index (χ4n) is 1.45. The quantitative estimate of drug-likeness (QED) is 0.571. The van der Waals surface area contributed by atoms with Gasteiger partial charge in [0.05, 0.1) is 0 Å². The second-order valence-electron chi connectivity index (χ2n) is 3.26. The molecule has 0 aliphatic carbocycles. The third-order valence-electron chi connectivity index (χ3n) is 2.16. The molecule has 2 rings (SSSR count). The maximum atomic E-state index is 12.6. The molecule has 2 heterocycles. The number of nitrogens with zero attached hydrogens (tertiary/aromatic N) is 2. The number of hydrogen-bond acceptors (Lipinski definition) is 4. The van der Waals surface area contributed by atoms with Crippen LogP contribution in [0.5, 0.6) is 0 Å². The van der Waals surface area contributed by atoms with E-state index < -0.39 is 11.7 Å². The van der Waals surface area contributed by atoms with Crippen LogP contribution in [-0.2, 0) is 0 Å². The van der Waals surface area contributed by atoms with Crippen molar-refractivity contribution < 1.29 is 14.0 Å². The molecule has 16 heavy (non-hydrogen) atoms. The maximum absolute atomic E-state index is 12.6. The number of Topliss-reactive ketones (excluding diaryl/α,β-unsaturated/α-hetero) is 1. The summed E-state index contributed by atoms with van der Waals surface area (Å²) >= 11 is 0. The molecule has 0 aromatic carbocycles. The summed E-state index contributed by atoms with van der Waals surface area (Å²) in [6, 6.07) is 2.77. The summed E-state index contributed by atoms with van der Waals surface area (Å²) in [5, 5.41) is 0.514. The first-order valence-corrected chi connectivity index (χ1v) is 4.56. The number of fused-ring (bicyclic) bond motifs is 1. The van der Waals surface area contributed by atoms with Crippen LogP contribution < -0.4 is 0 Å². The molecular formula is C11H7FN2O2. The van der Waals surface area contributed by atoms with E-state index in [2.05, 4.69) is 9.97 Å². The summed E-state index contributed by atoms with van der Waals surface area (Å²) in [4.78, 5) is 29.6. The van der Waals surface area contributed by atoms with Crippen molar-refractivity contribution in [3.63, 3.8) is 0 Å². The molecule has 0 amide bonds. The Balaban J connectivity index is 2.84. The minimum absolute atomic E-state index is 0.191. The third-order valence-corrected chi connectivity index (χ3v) is 2.16. The fraction of sp³-hybridized carbons (Fsp3) is 0.0909. The number of carbonyl (C=O) groups excluding carboxylic acids is 2. The summed E-state index contributed by atoms with van der Waals surface area (Å²) in [5.41, 5.74) is 0.0479. The maximum Gasteiger partial charge on any atom is 0.350 e. The lowest BCUT2D eigenvalue weighted by Gasteiger charge is -2.03. The van der Waals surface area contributed by atoms with Gasteiger partial charge < -0.3 is 0 Å². The Morgan fingerprint density at radius 3 is 2.75 bits per heavy atom. The van der Waals surface area contributed by atoms with Gasteiger partial charge in [0.1, 0.15) is 5.69 Å². The summed E-state index contributed by atoms with van der Waals surface area (Å²) < 4.78 is 12.6. The molecule has 4 nitrogen and oxygen atoms in total. The van der Waals surface area contributed by atoms with Gasteiger partial charge in [-0.15, -0.1) is 0 Å². The predicted molar refractivity (Wildman–Crippen MR) is 55.0 cm³/mol. The summed E-state index contributed by atoms with van der Waals surface area (Å²) in [6.07, 6.45) is 1.46. The van der Waals surface area contributed by atoms with E-state index in [1.807, 2.05) is 0 Å². The second kappa shape index (κ2) is 3.77. The van der Waals surface area contributed by atoms with Crippen molar-refractivity contribution >= 4 is 22.9 Å². The van der Waals surface area contributed by atoms with Crippen LogP contribution in [0.3, 0.4) is 0 Å². The van der Waals surface area contributed by atoms with E-state index in [0.29, 0.717) is 5.39 Å². The highest BCUT2D eigenvalue weighted by Gasteiger charge is 2.14. The number of aromatic nitrogens is 2. The zero-order chi connectivity index (χ0) is 11.7. The molecule has 0 saturated carbocycles. The molecular weight excluding hydrogens is 211 g/mol. The molecule has 0 atom stereocenters. The second-order valence-corrected chi connectivity index (χ2v) is 3.26. The van der Waals surface area contributed by atoms with Gasteiger partial charge in [0, 0.05) is 17.1 Å². The summed E-state index contributed by atoms with van der Waals surface area (Å²) in [5.74, 6) is -0.261. The summed E-state index contributed by atoms with van der Waals surface area (Å²) in [7, 11) is 0. The monoisotopic (exact) mass is 218 g/mol. The van der Waals surface area contributed by atoms with Crippen LogP contribution >= 0.6 is 0 Å². The van der Waals surface area contributed by atoms with Crippen LogP contribution in [-0.4, -0.2) is 21.8 Å². The molecule has 0 saturated heterocycles. The number of rotatable bonds is 2. The molecule has 2 aromatic heterocycles. The van der Waals surface area contributed by atoms with Crippen LogP contribution in [0.25, 0.3) is 11.0 Å². The minimum atomic E-state index is -1.67. The Labute approximate surface area is 90.1 Å². The van der Waals surface area contributed by atoms with Gasteiger partial charge in [0.2, 0.25) is 0 Å². The molecule has 0 bridgehead atoms. The molecule has 0 aliphatic rings. The average Bonchev–Trinajstić information content (AvgIpc) is 2.27. The third kappa shape index (κ3) is 1.67. The smallest absolute Gasteiger partial charge is 0.294 e. The van der Waals surface area contributed by atoms with Gasteiger partial charge in [0.15, 0.2) is 11.4 Å². The van der Waals surface area contributed by atoms with Crippen molar-refractivity contribution in [1.29, 1.82) is 0 Å². The fourth-order valence-corrected chi connectivity index (χ4v) is 1.45. The molecule has 80 valence electrons. The van der Waals surface area contributed by atoms with Gasteiger partial charge in [-0.25, -0.2) is 9.97 Å². The molecule has 0 radical (unpaired) electrons. The van der Waals surface area contributed by atoms with Crippen molar-refractivity contribution in [3.05, 3.63) is 35.7 Å². The van der Waals surface area contributed by atoms with E-state index >= 15 is 0 Å². The standard InChI is InChI=1S/C11H7FN2O2/c1-6(15)8-5-9(10(12)16)14-11-7(8)3-2-4-13-11/h2-5H,1H3. The number of ketones is 1. The topological polar surface area (TPSA) is 59.9 Å². The Morgan fingerprint density at radius 1 is 1.38 bits per heavy atom. The molecule has 0 unspecified atom stereocenters. The van der Waals surface area contributed by atoms with Gasteiger partial charge in [-0.05, 0) is 25.1 Å². The van der Waals surface area contributed by atoms with Crippen molar-refractivity contribution in [2.45, 2.75) is 6.92 Å². The zero-order valence-electron chi connectivity index (χ0n) is 8.40. The highest BCUT2D eigenvalue weighted by atomic mass is 19.1. The van der Waals surface area contributed by atoms with Crippen LogP contribution in [0.4, 0.5) is 4.39 Å². The highest BCUT2D eigenvalue weighted by Crippen LogP contribution is 2.17. The van der Waals surface area contributed by atoms with E-state index in [-0.39, 0.29) is 17.0 Å². The Bertz CT molecular complexity index is 596. The molecule has 5 heteroatoms. The van der Waals surface area contributed by atoms with E-state index in [1.54, 1.807) is 12.1 Å². The van der Waals surface area contributed by atoms with Gasteiger partial charge >= 0.3 is 6.04 Å². The zero-order valence-corrected chi connectivity index (χ0v) is 8.40. The highest BCUT2D eigenvalue weighted by molar-refractivity contribution is 6.07. The first-order valence-electron chi connectivity index (χ1n) is 4.56. The van der Waals surface area contributed by atoms with Crippen molar-refractivity contribution in [2.75, 3.05) is 0 Å². The van der Waals surface area contributed by atoms with E-state index in [0.717, 1.165) is 6.07 Å². The average molecular weight is 218 g/mol. The van der Waals surface area contributed by atoms with E-state index in [4.69, 9.17) is 0 Å². The molecule has 2 aromatic rings. The lowest BCUT2D eigenvalue weighted by atomic mass is 10.1. The molecule has 0 spiro atoms. The van der Waals surface area contributed by atoms with Gasteiger partial charge in [0.25, 0.3) is 0 Å². The first-order chi connectivity index (χ1) is 7.59. The number of halogens is 1. The van der Waals surface area contributed by atoms with Gasteiger partial charge in [-0.2, -0.15) is 4.39 Å². The van der Waals surface area contributed by atoms with Crippen LogP contribution in [0.2, 0.25) is 0 Å². The van der Waals surface area contributed by atoms with Crippen LogP contribution in [0, 0.1) is 0 Å². The van der Waals surface area contributed by atoms with Crippen molar-refractivity contribution in [2.24, 2.45) is 0 Å². The van der Waals surface area contributed by atoms with Crippen molar-refractivity contribution in [1.82, 2.24) is 9.97 Å². The Kier molecular flexibility index (Phi) is 2.44. The molecule has 0 N–H and O–H groups in total. The van der Waals surface area contributed by atoms with E-state index in [1.165, 1.54) is 13.1 Å². The van der Waals surface area contributed by atoms with Crippen molar-refractivity contribution in [3.8, 4) is 0 Å². The predicted octanol–water partition coefficient (Wildman–Crippen LogP) is 1.94. The summed E-state index contributed by atoms with van der Waals surface area (Å²) in [6.45, 7) is 1.34. The SMILES string of the molecule is CC(=O)c1cc(C(=O)F)nc2ncccc12. The molecule has 0 fully saturated rings. The van der Waals surface area contributed by atoms with Crippen LogP contribution in [0.15, 0.2) is 24.4 Å².